The normalized spacial score (nSPS) is 24.9. The molecule has 8 nitrogen and oxygen atoms in total. The van der Waals surface area contributed by atoms with Gasteiger partial charge in [0, 0.05) is 48.9 Å². The molecule has 3 fully saturated rings. The van der Waals surface area contributed by atoms with Crippen LogP contribution in [0.4, 0.5) is 17.3 Å². The monoisotopic (exact) mass is 459 g/mol. The number of hydrogen-bond donors (Lipinski definition) is 1. The first-order valence-corrected chi connectivity index (χ1v) is 12.6. The van der Waals surface area contributed by atoms with Crippen molar-refractivity contribution in [2.45, 2.75) is 50.6 Å². The Labute approximate surface area is 200 Å². The molecule has 2 aromatic heterocycles. The van der Waals surface area contributed by atoms with Crippen LogP contribution in [0.15, 0.2) is 41.5 Å². The van der Waals surface area contributed by atoms with Crippen molar-refractivity contribution in [3.05, 3.63) is 47.1 Å². The van der Waals surface area contributed by atoms with E-state index < -0.39 is 0 Å². The Morgan fingerprint density at radius 3 is 2.41 bits per heavy atom. The molecule has 2 bridgehead atoms. The van der Waals surface area contributed by atoms with Crippen molar-refractivity contribution in [3.63, 3.8) is 0 Å². The molecule has 3 heterocycles. The van der Waals surface area contributed by atoms with Gasteiger partial charge in [0.15, 0.2) is 5.65 Å². The van der Waals surface area contributed by atoms with Gasteiger partial charge in [-0.3, -0.25) is 4.57 Å². The molecule has 2 aliphatic carbocycles. The molecular weight excluding hydrogens is 426 g/mol. The summed E-state index contributed by atoms with van der Waals surface area (Å²) in [5.41, 5.74) is 2.68. The summed E-state index contributed by atoms with van der Waals surface area (Å²) in [5, 5.41) is 4.15. The number of anilines is 3. The zero-order valence-corrected chi connectivity index (χ0v) is 20.0. The van der Waals surface area contributed by atoms with Crippen LogP contribution in [0.5, 0.6) is 0 Å². The highest BCUT2D eigenvalue weighted by Gasteiger charge is 2.41. The lowest BCUT2D eigenvalue weighted by Crippen LogP contribution is -2.41. The number of nitrogens with one attached hydrogen (secondary N) is 1. The van der Waals surface area contributed by atoms with Gasteiger partial charge in [-0.1, -0.05) is 6.42 Å². The zero-order valence-electron chi connectivity index (χ0n) is 20.0. The van der Waals surface area contributed by atoms with Gasteiger partial charge in [0.05, 0.1) is 5.39 Å². The highest BCUT2D eigenvalue weighted by molar-refractivity contribution is 5.75. The lowest BCUT2D eigenvalue weighted by atomic mass is 9.95. The molecule has 8 heteroatoms. The fourth-order valence-corrected chi connectivity index (χ4v) is 6.36. The summed E-state index contributed by atoms with van der Waals surface area (Å²) in [6.07, 6.45) is 10.5. The second-order valence-electron chi connectivity index (χ2n) is 10.5. The number of hydrogen-bond acceptors (Lipinski definition) is 7. The van der Waals surface area contributed by atoms with Crippen molar-refractivity contribution in [1.82, 2.24) is 24.4 Å². The number of benzene rings is 1. The molecule has 6 rings (SSSR count). The van der Waals surface area contributed by atoms with Gasteiger partial charge in [-0.2, -0.15) is 4.98 Å². The van der Waals surface area contributed by atoms with E-state index in [1.165, 1.54) is 37.8 Å². The summed E-state index contributed by atoms with van der Waals surface area (Å²) in [6.45, 7) is 2.16. The number of fused-ring (bicyclic) bond motifs is 3. The molecule has 2 saturated carbocycles. The fraction of sp³-hybridized carbons (Fsp3) is 0.538. The van der Waals surface area contributed by atoms with E-state index in [9.17, 15) is 4.79 Å². The Kier molecular flexibility index (Phi) is 5.48. The summed E-state index contributed by atoms with van der Waals surface area (Å²) < 4.78 is 1.84. The van der Waals surface area contributed by atoms with Gasteiger partial charge in [0.25, 0.3) is 0 Å². The maximum Gasteiger partial charge on any atom is 0.349 e. The largest absolute Gasteiger partial charge is 0.371 e. The minimum Gasteiger partial charge on any atom is -0.371 e. The molecule has 0 spiro atoms. The second-order valence-corrected chi connectivity index (χ2v) is 10.5. The van der Waals surface area contributed by atoms with Crippen LogP contribution in [0.2, 0.25) is 0 Å². The molecule has 1 aromatic carbocycles. The molecule has 1 N–H and O–H groups in total. The van der Waals surface area contributed by atoms with Crippen molar-refractivity contribution < 1.29 is 0 Å². The minimum atomic E-state index is -0.197. The minimum absolute atomic E-state index is 0.197. The summed E-state index contributed by atoms with van der Waals surface area (Å²) in [5.74, 6) is 1.81. The lowest BCUT2D eigenvalue weighted by molar-refractivity contribution is 0.249. The molecular formula is C26H33N7O. The summed E-state index contributed by atoms with van der Waals surface area (Å²) in [4.78, 5) is 31.0. The smallest absolute Gasteiger partial charge is 0.349 e. The highest BCUT2D eigenvalue weighted by Crippen LogP contribution is 2.50. The average molecular weight is 460 g/mol. The van der Waals surface area contributed by atoms with Gasteiger partial charge < -0.3 is 15.1 Å². The molecule has 34 heavy (non-hydrogen) atoms. The van der Waals surface area contributed by atoms with E-state index in [4.69, 9.17) is 4.98 Å². The van der Waals surface area contributed by atoms with Crippen LogP contribution >= 0.6 is 0 Å². The van der Waals surface area contributed by atoms with Crippen LogP contribution in [0.25, 0.3) is 11.0 Å². The molecule has 0 radical (unpaired) electrons. The zero-order chi connectivity index (χ0) is 23.2. The van der Waals surface area contributed by atoms with Gasteiger partial charge in [-0.05, 0) is 82.3 Å². The second kappa shape index (κ2) is 8.65. The topological polar surface area (TPSA) is 79.2 Å². The van der Waals surface area contributed by atoms with Crippen LogP contribution in [-0.2, 0) is 0 Å². The van der Waals surface area contributed by atoms with E-state index in [2.05, 4.69) is 63.4 Å². The average Bonchev–Trinajstić information content (AvgIpc) is 3.48. The van der Waals surface area contributed by atoms with Crippen LogP contribution < -0.4 is 15.9 Å². The molecule has 1 saturated heterocycles. The Morgan fingerprint density at radius 2 is 1.74 bits per heavy atom. The first-order chi connectivity index (χ1) is 16.5. The molecule has 3 atom stereocenters. The maximum atomic E-state index is 12.8. The van der Waals surface area contributed by atoms with Gasteiger partial charge in [-0.15, -0.1) is 0 Å². The van der Waals surface area contributed by atoms with E-state index in [1.54, 1.807) is 12.4 Å². The van der Waals surface area contributed by atoms with Crippen LogP contribution in [0.3, 0.4) is 0 Å². The third-order valence-electron chi connectivity index (χ3n) is 8.26. The summed E-state index contributed by atoms with van der Waals surface area (Å²) in [6, 6.07) is 9.37. The molecule has 1 aliphatic heterocycles. The van der Waals surface area contributed by atoms with Gasteiger partial charge in [-0.25, -0.2) is 14.8 Å². The maximum absolute atomic E-state index is 12.8. The van der Waals surface area contributed by atoms with Crippen LogP contribution in [0.1, 0.15) is 44.6 Å². The SMILES string of the molecule is CN(C)C1CCN(c2ccc(Nc3ncc4cnc(=O)n(C5CC6CCC5C6)c4n3)cc2)CC1. The summed E-state index contributed by atoms with van der Waals surface area (Å²) in [7, 11) is 4.34. The van der Waals surface area contributed by atoms with Crippen molar-refractivity contribution >= 4 is 28.4 Å². The van der Waals surface area contributed by atoms with Gasteiger partial charge in [0.1, 0.15) is 0 Å². The number of nitrogens with zero attached hydrogens (tertiary/aromatic N) is 6. The van der Waals surface area contributed by atoms with Crippen molar-refractivity contribution in [2.75, 3.05) is 37.4 Å². The van der Waals surface area contributed by atoms with E-state index in [0.29, 0.717) is 23.6 Å². The third-order valence-corrected chi connectivity index (χ3v) is 8.26. The standard InChI is InChI=1S/C26H33N7O/c1-31(2)21-9-11-32(12-10-21)22-7-5-20(6-8-22)29-25-27-15-19-16-28-26(34)33(24(19)30-25)23-14-17-3-4-18(23)13-17/h5-8,15-18,21,23H,3-4,9-14H2,1-2H3,(H,27,29,30). The van der Waals surface area contributed by atoms with E-state index in [0.717, 1.165) is 36.5 Å². The highest BCUT2D eigenvalue weighted by atomic mass is 16.1. The lowest BCUT2D eigenvalue weighted by Gasteiger charge is -2.36. The Balaban J connectivity index is 1.21. The van der Waals surface area contributed by atoms with E-state index >= 15 is 0 Å². The Bertz CT molecular complexity index is 1230. The molecule has 3 aliphatic rings. The van der Waals surface area contributed by atoms with Crippen molar-refractivity contribution in [3.8, 4) is 0 Å². The fourth-order valence-electron chi connectivity index (χ4n) is 6.36. The number of piperidine rings is 1. The summed E-state index contributed by atoms with van der Waals surface area (Å²) >= 11 is 0. The number of rotatable bonds is 5. The van der Waals surface area contributed by atoms with Crippen molar-refractivity contribution in [1.29, 1.82) is 0 Å². The number of aromatic nitrogens is 4. The predicted molar refractivity (Wildman–Crippen MR) is 135 cm³/mol. The first kappa shape index (κ1) is 21.5. The van der Waals surface area contributed by atoms with Crippen LogP contribution in [-0.4, -0.2) is 57.6 Å². The predicted octanol–water partition coefficient (Wildman–Crippen LogP) is 3.82. The Hall–Kier alpha value is -3.00. The molecule has 178 valence electrons. The molecule has 3 unspecified atom stereocenters. The Morgan fingerprint density at radius 1 is 0.971 bits per heavy atom. The third kappa shape index (κ3) is 3.94. The first-order valence-electron chi connectivity index (χ1n) is 12.6. The van der Waals surface area contributed by atoms with Crippen LogP contribution in [0, 0.1) is 11.8 Å². The van der Waals surface area contributed by atoms with Crippen molar-refractivity contribution in [2.24, 2.45) is 11.8 Å². The van der Waals surface area contributed by atoms with Gasteiger partial charge >= 0.3 is 5.69 Å². The molecule has 0 amide bonds. The van der Waals surface area contributed by atoms with Gasteiger partial charge in [0.2, 0.25) is 5.95 Å². The van der Waals surface area contributed by atoms with E-state index in [-0.39, 0.29) is 11.7 Å². The quantitative estimate of drug-likeness (QED) is 0.621. The molecule has 3 aromatic rings. The van der Waals surface area contributed by atoms with E-state index in [1.807, 2.05) is 4.57 Å².